The van der Waals surface area contributed by atoms with Gasteiger partial charge in [-0.3, -0.25) is 0 Å². The summed E-state index contributed by atoms with van der Waals surface area (Å²) in [7, 11) is 1.54. The van der Waals surface area contributed by atoms with Gasteiger partial charge in [-0.05, 0) is 12.5 Å². The van der Waals surface area contributed by atoms with E-state index >= 15 is 0 Å². The van der Waals surface area contributed by atoms with Gasteiger partial charge in [0.05, 0.1) is 23.2 Å². The van der Waals surface area contributed by atoms with Crippen LogP contribution in [0.4, 0.5) is 0 Å². The third kappa shape index (κ3) is 3.31. The van der Waals surface area contributed by atoms with Crippen LogP contribution in [-0.4, -0.2) is 13.2 Å². The summed E-state index contributed by atoms with van der Waals surface area (Å²) < 4.78 is 5.04. The van der Waals surface area contributed by atoms with Crippen LogP contribution in [0.15, 0.2) is 12.1 Å². The Morgan fingerprint density at radius 2 is 2.06 bits per heavy atom. The lowest BCUT2D eigenvalue weighted by Gasteiger charge is -2.05. The zero-order valence-corrected chi connectivity index (χ0v) is 10.7. The molecule has 0 radical (unpaired) electrons. The van der Waals surface area contributed by atoms with Crippen LogP contribution in [0.25, 0.3) is 0 Å². The Kier molecular flexibility index (Phi) is 4.95. The number of nitrogens with two attached hydrogens (primary N) is 1. The van der Waals surface area contributed by atoms with Crippen LogP contribution in [0.3, 0.4) is 0 Å². The Morgan fingerprint density at radius 3 is 2.62 bits per heavy atom. The maximum Gasteiger partial charge on any atom is 0.139 e. The van der Waals surface area contributed by atoms with Crippen LogP contribution in [0, 0.1) is 11.8 Å². The van der Waals surface area contributed by atoms with Gasteiger partial charge in [-0.15, -0.1) is 0 Å². The molecule has 0 aliphatic rings. The highest BCUT2D eigenvalue weighted by atomic mass is 35.5. The number of halogens is 2. The van der Waals surface area contributed by atoms with Crippen LogP contribution in [-0.2, 0) is 0 Å². The molecule has 0 saturated heterocycles. The first kappa shape index (κ1) is 13.2. The third-order valence-corrected chi connectivity index (χ3v) is 2.68. The molecular formula is C12H13Cl2NO. The molecule has 16 heavy (non-hydrogen) atoms. The maximum absolute atomic E-state index is 6.02. The van der Waals surface area contributed by atoms with Crippen molar-refractivity contribution in [1.29, 1.82) is 0 Å². The summed E-state index contributed by atoms with van der Waals surface area (Å²) >= 11 is 12.0. The number of benzene rings is 1. The minimum Gasteiger partial charge on any atom is -0.495 e. The predicted molar refractivity (Wildman–Crippen MR) is 68.2 cm³/mol. The van der Waals surface area contributed by atoms with Gasteiger partial charge in [0, 0.05) is 11.6 Å². The summed E-state index contributed by atoms with van der Waals surface area (Å²) in [5, 5.41) is 0.998. The number of hydrogen-bond acceptors (Lipinski definition) is 2. The molecule has 1 aromatic rings. The number of methoxy groups -OCH3 is 1. The minimum absolute atomic E-state index is 0.142. The second-order valence-corrected chi connectivity index (χ2v) is 4.07. The van der Waals surface area contributed by atoms with Gasteiger partial charge in [0.15, 0.2) is 0 Å². The van der Waals surface area contributed by atoms with Crippen molar-refractivity contribution < 1.29 is 4.74 Å². The summed E-state index contributed by atoms with van der Waals surface area (Å²) in [6, 6.07) is 3.18. The van der Waals surface area contributed by atoms with Crippen molar-refractivity contribution in [2.45, 2.75) is 19.4 Å². The summed E-state index contributed by atoms with van der Waals surface area (Å²) in [5.74, 6) is 6.35. The molecule has 0 aliphatic carbocycles. The molecule has 1 unspecified atom stereocenters. The van der Waals surface area contributed by atoms with Crippen LogP contribution >= 0.6 is 23.2 Å². The van der Waals surface area contributed by atoms with Crippen LogP contribution in [0.2, 0.25) is 10.0 Å². The maximum atomic E-state index is 6.02. The smallest absolute Gasteiger partial charge is 0.139 e. The van der Waals surface area contributed by atoms with Gasteiger partial charge in [0.2, 0.25) is 0 Å². The minimum atomic E-state index is -0.142. The number of ether oxygens (including phenoxy) is 1. The van der Waals surface area contributed by atoms with Crippen molar-refractivity contribution in [3.8, 4) is 17.6 Å². The van der Waals surface area contributed by atoms with E-state index in [1.807, 2.05) is 6.92 Å². The average molecular weight is 258 g/mol. The Balaban J connectivity index is 3.05. The zero-order chi connectivity index (χ0) is 12.1. The van der Waals surface area contributed by atoms with Crippen molar-refractivity contribution in [3.05, 3.63) is 27.7 Å². The molecule has 86 valence electrons. The summed E-state index contributed by atoms with van der Waals surface area (Å²) in [4.78, 5) is 0. The van der Waals surface area contributed by atoms with Gasteiger partial charge >= 0.3 is 0 Å². The molecule has 0 aromatic heterocycles. The van der Waals surface area contributed by atoms with Crippen LogP contribution < -0.4 is 10.5 Å². The Labute approximate surface area is 106 Å². The molecule has 0 amide bonds. The van der Waals surface area contributed by atoms with Crippen molar-refractivity contribution in [2.24, 2.45) is 5.73 Å². The lowest BCUT2D eigenvalue weighted by Crippen LogP contribution is -2.15. The molecule has 0 aliphatic heterocycles. The molecule has 0 fully saturated rings. The van der Waals surface area contributed by atoms with E-state index in [1.54, 1.807) is 12.1 Å². The molecule has 0 bridgehead atoms. The van der Waals surface area contributed by atoms with E-state index in [9.17, 15) is 0 Å². The highest BCUT2D eigenvalue weighted by Crippen LogP contribution is 2.30. The quantitative estimate of drug-likeness (QED) is 0.827. The Morgan fingerprint density at radius 1 is 1.38 bits per heavy atom. The molecule has 2 N–H and O–H groups in total. The molecule has 4 heteroatoms. The number of hydrogen-bond donors (Lipinski definition) is 1. The highest BCUT2D eigenvalue weighted by Gasteiger charge is 2.05. The Bertz CT molecular complexity index is 435. The topological polar surface area (TPSA) is 35.2 Å². The fraction of sp³-hybridized carbons (Fsp3) is 0.333. The largest absolute Gasteiger partial charge is 0.495 e. The predicted octanol–water partition coefficient (Wildman–Crippen LogP) is 3.09. The van der Waals surface area contributed by atoms with Crippen molar-refractivity contribution >= 4 is 23.2 Å². The van der Waals surface area contributed by atoms with E-state index in [2.05, 4.69) is 11.8 Å². The molecule has 0 spiro atoms. The normalized spacial score (nSPS) is 11.6. The van der Waals surface area contributed by atoms with E-state index in [0.29, 0.717) is 21.4 Å². The summed E-state index contributed by atoms with van der Waals surface area (Å²) in [6.07, 6.45) is 0.800. The monoisotopic (exact) mass is 257 g/mol. The second kappa shape index (κ2) is 6.00. The van der Waals surface area contributed by atoms with E-state index in [4.69, 9.17) is 33.7 Å². The Hall–Kier alpha value is -0.880. The van der Waals surface area contributed by atoms with E-state index in [-0.39, 0.29) is 6.04 Å². The molecule has 1 rings (SSSR count). The van der Waals surface area contributed by atoms with Gasteiger partial charge in [0.25, 0.3) is 0 Å². The highest BCUT2D eigenvalue weighted by molar-refractivity contribution is 6.35. The molecule has 1 aromatic carbocycles. The second-order valence-electron chi connectivity index (χ2n) is 3.25. The summed E-state index contributed by atoms with van der Waals surface area (Å²) in [6.45, 7) is 1.97. The molecule has 2 nitrogen and oxygen atoms in total. The molecule has 0 heterocycles. The van der Waals surface area contributed by atoms with Crippen molar-refractivity contribution in [1.82, 2.24) is 0 Å². The van der Waals surface area contributed by atoms with Crippen LogP contribution in [0.5, 0.6) is 5.75 Å². The van der Waals surface area contributed by atoms with Crippen molar-refractivity contribution in [2.75, 3.05) is 7.11 Å². The average Bonchev–Trinajstić information content (AvgIpc) is 2.29. The third-order valence-electron chi connectivity index (χ3n) is 2.07. The lowest BCUT2D eigenvalue weighted by molar-refractivity contribution is 0.415. The molecule has 0 saturated carbocycles. The van der Waals surface area contributed by atoms with Gasteiger partial charge in [0.1, 0.15) is 5.75 Å². The first-order chi connectivity index (χ1) is 7.58. The van der Waals surface area contributed by atoms with E-state index < -0.39 is 0 Å². The molecular weight excluding hydrogens is 245 g/mol. The lowest BCUT2D eigenvalue weighted by atomic mass is 10.2. The standard InChI is InChI=1S/C12H13Cl2NO/c1-3-9(15)5-4-8-6-11(14)12(16-2)7-10(8)13/h6-7,9H,3,15H2,1-2H3. The van der Waals surface area contributed by atoms with Gasteiger partial charge in [-0.1, -0.05) is 42.0 Å². The zero-order valence-electron chi connectivity index (χ0n) is 9.18. The summed E-state index contributed by atoms with van der Waals surface area (Å²) in [5.41, 5.74) is 6.35. The van der Waals surface area contributed by atoms with Gasteiger partial charge in [-0.2, -0.15) is 0 Å². The van der Waals surface area contributed by atoms with E-state index in [1.165, 1.54) is 7.11 Å². The fourth-order valence-corrected chi connectivity index (χ4v) is 1.50. The molecule has 1 atom stereocenters. The van der Waals surface area contributed by atoms with Gasteiger partial charge < -0.3 is 10.5 Å². The van der Waals surface area contributed by atoms with Gasteiger partial charge in [-0.25, -0.2) is 0 Å². The van der Waals surface area contributed by atoms with Crippen molar-refractivity contribution in [3.63, 3.8) is 0 Å². The van der Waals surface area contributed by atoms with E-state index in [0.717, 1.165) is 6.42 Å². The first-order valence-electron chi connectivity index (χ1n) is 4.88. The first-order valence-corrected chi connectivity index (χ1v) is 5.64. The number of rotatable bonds is 2. The van der Waals surface area contributed by atoms with Crippen LogP contribution in [0.1, 0.15) is 18.9 Å². The fourth-order valence-electron chi connectivity index (χ4n) is 1.05. The SMILES string of the molecule is CCC(N)C#Cc1cc(Cl)c(OC)cc1Cl.